The van der Waals surface area contributed by atoms with Gasteiger partial charge in [0.25, 0.3) is 5.91 Å². The first kappa shape index (κ1) is 19.8. The molecule has 2 rings (SSSR count). The molecule has 1 aliphatic rings. The Labute approximate surface area is 154 Å². The van der Waals surface area contributed by atoms with E-state index in [1.54, 1.807) is 44.1 Å². The standard InChI is InChI=1S/C20H27NO5/c1-6-7-10-21-17(13-8-9-14(25-4)15(11-13)26-5)16(18(22)12(2)3)19(23)20(21)24/h8-9,11-12,17,23H,6-7,10H2,1-5H3. The van der Waals surface area contributed by atoms with E-state index >= 15 is 0 Å². The Morgan fingerprint density at radius 3 is 2.42 bits per heavy atom. The number of hydrogen-bond acceptors (Lipinski definition) is 5. The lowest BCUT2D eigenvalue weighted by molar-refractivity contribution is -0.129. The highest BCUT2D eigenvalue weighted by atomic mass is 16.5. The molecule has 0 aliphatic carbocycles. The fraction of sp³-hybridized carbons (Fsp3) is 0.500. The second-order valence-corrected chi connectivity index (χ2v) is 6.65. The number of methoxy groups -OCH3 is 2. The van der Waals surface area contributed by atoms with Crippen LogP contribution >= 0.6 is 0 Å². The lowest BCUT2D eigenvalue weighted by Crippen LogP contribution is -2.32. The normalized spacial score (nSPS) is 17.2. The Morgan fingerprint density at radius 2 is 1.88 bits per heavy atom. The summed E-state index contributed by atoms with van der Waals surface area (Å²) in [5.74, 6) is -0.425. The first-order valence-electron chi connectivity index (χ1n) is 8.87. The zero-order chi connectivity index (χ0) is 19.4. The van der Waals surface area contributed by atoms with Crippen molar-refractivity contribution in [2.45, 2.75) is 39.7 Å². The molecule has 0 aromatic heterocycles. The van der Waals surface area contributed by atoms with Crippen LogP contribution in [0.3, 0.4) is 0 Å². The van der Waals surface area contributed by atoms with Gasteiger partial charge in [0, 0.05) is 12.5 Å². The molecule has 0 spiro atoms. The zero-order valence-electron chi connectivity index (χ0n) is 16.0. The molecule has 1 aliphatic heterocycles. The molecule has 1 heterocycles. The van der Waals surface area contributed by atoms with E-state index in [2.05, 4.69) is 0 Å². The van der Waals surface area contributed by atoms with Crippen LogP contribution in [0, 0.1) is 5.92 Å². The van der Waals surface area contributed by atoms with Gasteiger partial charge in [0.1, 0.15) is 0 Å². The van der Waals surface area contributed by atoms with Gasteiger partial charge < -0.3 is 19.5 Å². The molecule has 1 aromatic carbocycles. The number of ketones is 1. The van der Waals surface area contributed by atoms with E-state index in [4.69, 9.17) is 9.47 Å². The van der Waals surface area contributed by atoms with Crippen LogP contribution in [0.4, 0.5) is 0 Å². The molecule has 0 saturated carbocycles. The van der Waals surface area contributed by atoms with Gasteiger partial charge >= 0.3 is 0 Å². The third-order valence-electron chi connectivity index (χ3n) is 4.57. The Bertz CT molecular complexity index is 723. The number of ether oxygens (including phenoxy) is 2. The van der Waals surface area contributed by atoms with Crippen LogP contribution in [0.2, 0.25) is 0 Å². The van der Waals surface area contributed by atoms with Crippen molar-refractivity contribution in [2.75, 3.05) is 20.8 Å². The molecule has 6 nitrogen and oxygen atoms in total. The third kappa shape index (κ3) is 3.54. The van der Waals surface area contributed by atoms with E-state index in [9.17, 15) is 14.7 Å². The Hall–Kier alpha value is -2.50. The lowest BCUT2D eigenvalue weighted by Gasteiger charge is -2.27. The molecule has 1 atom stereocenters. The van der Waals surface area contributed by atoms with Crippen molar-refractivity contribution in [1.82, 2.24) is 4.90 Å². The lowest BCUT2D eigenvalue weighted by atomic mass is 9.91. The number of nitrogens with zero attached hydrogens (tertiary/aromatic N) is 1. The van der Waals surface area contributed by atoms with Crippen LogP contribution in [0.5, 0.6) is 11.5 Å². The van der Waals surface area contributed by atoms with E-state index in [0.29, 0.717) is 23.6 Å². The number of aliphatic hydroxyl groups is 1. The number of benzene rings is 1. The van der Waals surface area contributed by atoms with Gasteiger partial charge in [-0.25, -0.2) is 0 Å². The summed E-state index contributed by atoms with van der Waals surface area (Å²) in [7, 11) is 3.08. The quantitative estimate of drug-likeness (QED) is 0.768. The van der Waals surface area contributed by atoms with Crippen molar-refractivity contribution in [3.05, 3.63) is 35.1 Å². The summed E-state index contributed by atoms with van der Waals surface area (Å²) in [6, 6.07) is 4.67. The summed E-state index contributed by atoms with van der Waals surface area (Å²) >= 11 is 0. The van der Waals surface area contributed by atoms with E-state index in [1.807, 2.05) is 6.92 Å². The summed E-state index contributed by atoms with van der Waals surface area (Å²) in [5.41, 5.74) is 0.869. The average molecular weight is 361 g/mol. The summed E-state index contributed by atoms with van der Waals surface area (Å²) < 4.78 is 10.6. The second-order valence-electron chi connectivity index (χ2n) is 6.65. The molecule has 0 fully saturated rings. The number of hydrogen-bond donors (Lipinski definition) is 1. The Balaban J connectivity index is 2.57. The van der Waals surface area contributed by atoms with Crippen LogP contribution in [0.1, 0.15) is 45.2 Å². The van der Waals surface area contributed by atoms with Crippen LogP contribution in [0.15, 0.2) is 29.5 Å². The number of amides is 1. The molecule has 142 valence electrons. The van der Waals surface area contributed by atoms with Crippen LogP contribution < -0.4 is 9.47 Å². The molecule has 0 radical (unpaired) electrons. The highest BCUT2D eigenvalue weighted by molar-refractivity contribution is 6.09. The number of rotatable bonds is 8. The molecular weight excluding hydrogens is 334 g/mol. The number of carbonyl (C=O) groups is 2. The van der Waals surface area contributed by atoms with E-state index < -0.39 is 17.7 Å². The van der Waals surface area contributed by atoms with Crippen molar-refractivity contribution >= 4 is 11.7 Å². The van der Waals surface area contributed by atoms with Crippen LogP contribution in [0.25, 0.3) is 0 Å². The fourth-order valence-corrected chi connectivity index (χ4v) is 3.14. The third-order valence-corrected chi connectivity index (χ3v) is 4.57. The molecule has 0 saturated heterocycles. The molecule has 1 amide bonds. The minimum atomic E-state index is -0.622. The predicted molar refractivity (Wildman–Crippen MR) is 98.4 cm³/mol. The maximum absolute atomic E-state index is 12.7. The highest BCUT2D eigenvalue weighted by Gasteiger charge is 2.43. The van der Waals surface area contributed by atoms with Crippen molar-refractivity contribution in [3.8, 4) is 11.5 Å². The largest absolute Gasteiger partial charge is 0.503 e. The molecule has 1 aromatic rings. The van der Waals surface area contributed by atoms with E-state index in [-0.39, 0.29) is 17.3 Å². The van der Waals surface area contributed by atoms with E-state index in [1.165, 1.54) is 7.11 Å². The topological polar surface area (TPSA) is 76.1 Å². The van der Waals surface area contributed by atoms with Gasteiger partial charge in [-0.2, -0.15) is 0 Å². The fourth-order valence-electron chi connectivity index (χ4n) is 3.14. The Morgan fingerprint density at radius 1 is 1.23 bits per heavy atom. The van der Waals surface area contributed by atoms with Gasteiger partial charge in [-0.15, -0.1) is 0 Å². The van der Waals surface area contributed by atoms with Gasteiger partial charge in [0.15, 0.2) is 23.0 Å². The highest BCUT2D eigenvalue weighted by Crippen LogP contribution is 2.41. The monoisotopic (exact) mass is 361 g/mol. The average Bonchev–Trinajstić information content (AvgIpc) is 2.89. The number of carbonyl (C=O) groups excluding carboxylic acids is 2. The molecule has 0 bridgehead atoms. The minimum absolute atomic E-state index is 0.160. The summed E-state index contributed by atoms with van der Waals surface area (Å²) in [5, 5.41) is 10.4. The van der Waals surface area contributed by atoms with Gasteiger partial charge in [0.05, 0.1) is 25.8 Å². The molecule has 6 heteroatoms. The molecule has 1 N–H and O–H groups in total. The van der Waals surface area contributed by atoms with Gasteiger partial charge in [0.2, 0.25) is 0 Å². The summed E-state index contributed by atoms with van der Waals surface area (Å²) in [6.45, 7) is 6.01. The van der Waals surface area contributed by atoms with Crippen molar-refractivity contribution in [3.63, 3.8) is 0 Å². The van der Waals surface area contributed by atoms with Crippen molar-refractivity contribution < 1.29 is 24.2 Å². The molecular formula is C20H27NO5. The number of aliphatic hydroxyl groups excluding tert-OH is 1. The molecule has 26 heavy (non-hydrogen) atoms. The second kappa shape index (κ2) is 8.25. The first-order chi connectivity index (χ1) is 12.4. The summed E-state index contributed by atoms with van der Waals surface area (Å²) in [4.78, 5) is 26.9. The maximum atomic E-state index is 12.7. The predicted octanol–water partition coefficient (Wildman–Crippen LogP) is 3.42. The number of Topliss-reactive ketones (excluding diaryl/α,β-unsaturated/α-hetero) is 1. The molecule has 1 unspecified atom stereocenters. The van der Waals surface area contributed by atoms with Gasteiger partial charge in [-0.3, -0.25) is 9.59 Å². The van der Waals surface area contributed by atoms with Gasteiger partial charge in [-0.05, 0) is 24.1 Å². The van der Waals surface area contributed by atoms with Gasteiger partial charge in [-0.1, -0.05) is 33.3 Å². The first-order valence-corrected chi connectivity index (χ1v) is 8.87. The maximum Gasteiger partial charge on any atom is 0.290 e. The van der Waals surface area contributed by atoms with Crippen LogP contribution in [-0.2, 0) is 9.59 Å². The van der Waals surface area contributed by atoms with Crippen molar-refractivity contribution in [1.29, 1.82) is 0 Å². The SMILES string of the molecule is CCCCN1C(=O)C(O)=C(C(=O)C(C)C)C1c1ccc(OC)c(OC)c1. The minimum Gasteiger partial charge on any atom is -0.503 e. The van der Waals surface area contributed by atoms with E-state index in [0.717, 1.165) is 12.8 Å². The van der Waals surface area contributed by atoms with Crippen LogP contribution in [-0.4, -0.2) is 42.5 Å². The zero-order valence-corrected chi connectivity index (χ0v) is 16.0. The van der Waals surface area contributed by atoms with Crippen molar-refractivity contribution in [2.24, 2.45) is 5.92 Å². The smallest absolute Gasteiger partial charge is 0.290 e. The summed E-state index contributed by atoms with van der Waals surface area (Å²) in [6.07, 6.45) is 1.68. The number of unbranched alkanes of at least 4 members (excludes halogenated alkanes) is 1. The Kier molecular flexibility index (Phi) is 6.29.